The van der Waals surface area contributed by atoms with Gasteiger partial charge in [-0.2, -0.15) is 4.79 Å². The van der Waals surface area contributed by atoms with E-state index in [4.69, 9.17) is 0 Å². The van der Waals surface area contributed by atoms with Crippen molar-refractivity contribution in [2.24, 2.45) is 0 Å². The molecule has 3 aromatic carbocycles. The Morgan fingerprint density at radius 1 is 0.913 bits per heavy atom. The molecule has 0 aliphatic heterocycles. The predicted octanol–water partition coefficient (Wildman–Crippen LogP) is 3.60. The third kappa shape index (κ3) is 2.80. The van der Waals surface area contributed by atoms with Crippen LogP contribution in [-0.4, -0.2) is 18.3 Å². The van der Waals surface area contributed by atoms with Crippen LogP contribution in [0.15, 0.2) is 71.6 Å². The second kappa shape index (κ2) is 5.80. The fraction of sp³-hybridized carbons (Fsp3) is 0.0556. The lowest BCUT2D eigenvalue weighted by Crippen LogP contribution is -2.17. The van der Waals surface area contributed by atoms with Crippen molar-refractivity contribution in [3.63, 3.8) is 0 Å². The number of aryl methyl sites for hydroxylation is 1. The first kappa shape index (κ1) is 15.2. The van der Waals surface area contributed by atoms with E-state index >= 15 is 0 Å². The minimum absolute atomic E-state index is 0.101. The first-order valence-electron chi connectivity index (χ1n) is 7.05. The molecule has 0 radical (unpaired) electrons. The fourth-order valence-electron chi connectivity index (χ4n) is 2.42. The molecule has 0 N–H and O–H groups in total. The highest BCUT2D eigenvalue weighted by atomic mass is 32.2. The van der Waals surface area contributed by atoms with Crippen molar-refractivity contribution >= 4 is 25.7 Å². The van der Waals surface area contributed by atoms with Crippen LogP contribution in [0.1, 0.15) is 11.1 Å². The fourth-order valence-corrected chi connectivity index (χ4v) is 3.68. The highest BCUT2D eigenvalue weighted by molar-refractivity contribution is 8.06. The van der Waals surface area contributed by atoms with Crippen molar-refractivity contribution in [2.45, 2.75) is 11.8 Å². The Bertz CT molecular complexity index is 1030. The number of rotatable bonds is 2. The second-order valence-electron chi connectivity index (χ2n) is 5.28. The quantitative estimate of drug-likeness (QED) is 0.313. The summed E-state index contributed by atoms with van der Waals surface area (Å²) in [7, 11) is -3.89. The third-order valence-electron chi connectivity index (χ3n) is 3.67. The summed E-state index contributed by atoms with van der Waals surface area (Å²) in [5.74, 6) is 0. The highest BCUT2D eigenvalue weighted by Crippen LogP contribution is 2.21. The van der Waals surface area contributed by atoms with E-state index in [-0.39, 0.29) is 9.94 Å². The zero-order chi connectivity index (χ0) is 16.4. The van der Waals surface area contributed by atoms with Gasteiger partial charge in [0, 0.05) is 0 Å². The number of hydrogen-bond acceptors (Lipinski definition) is 2. The van der Waals surface area contributed by atoms with E-state index in [2.05, 4.69) is 4.79 Å². The molecule has 0 amide bonds. The Labute approximate surface area is 134 Å². The molecule has 23 heavy (non-hydrogen) atoms. The summed E-state index contributed by atoms with van der Waals surface area (Å²) in [5.41, 5.74) is 10.6. The first-order chi connectivity index (χ1) is 11.0. The van der Waals surface area contributed by atoms with Crippen LogP contribution in [-0.2, 0) is 9.84 Å². The lowest BCUT2D eigenvalue weighted by atomic mass is 10.1. The van der Waals surface area contributed by atoms with Gasteiger partial charge in [-0.25, -0.2) is 8.42 Å². The molecule has 114 valence electrons. The molecular formula is C18H14N2O2S. The average molecular weight is 322 g/mol. The van der Waals surface area contributed by atoms with Gasteiger partial charge >= 0.3 is 5.04 Å². The van der Waals surface area contributed by atoms with Crippen LogP contribution in [0.5, 0.6) is 0 Å². The van der Waals surface area contributed by atoms with E-state index in [1.165, 1.54) is 12.1 Å². The van der Waals surface area contributed by atoms with E-state index in [9.17, 15) is 13.9 Å². The van der Waals surface area contributed by atoms with Gasteiger partial charge in [-0.3, -0.25) is 0 Å². The molecule has 0 aliphatic rings. The Kier molecular flexibility index (Phi) is 3.82. The molecule has 4 nitrogen and oxygen atoms in total. The summed E-state index contributed by atoms with van der Waals surface area (Å²) < 4.78 is 25.4. The number of fused-ring (bicyclic) bond motifs is 1. The monoisotopic (exact) mass is 322 g/mol. The van der Waals surface area contributed by atoms with Crippen molar-refractivity contribution in [1.82, 2.24) is 0 Å². The Morgan fingerprint density at radius 2 is 1.57 bits per heavy atom. The maximum absolute atomic E-state index is 12.7. The van der Waals surface area contributed by atoms with Gasteiger partial charge in [0.25, 0.3) is 9.84 Å². The molecule has 0 saturated carbocycles. The molecule has 5 heteroatoms. The van der Waals surface area contributed by atoms with Crippen LogP contribution in [0.25, 0.3) is 16.3 Å². The molecule has 0 fully saturated rings. The van der Waals surface area contributed by atoms with Crippen molar-refractivity contribution in [1.29, 1.82) is 0 Å². The number of sulfone groups is 1. The van der Waals surface area contributed by atoms with Crippen molar-refractivity contribution < 1.29 is 13.2 Å². The summed E-state index contributed by atoms with van der Waals surface area (Å²) in [5, 5.41) is 1.51. The molecule has 0 spiro atoms. The normalized spacial score (nSPS) is 11.2. The van der Waals surface area contributed by atoms with Gasteiger partial charge in [0.05, 0.1) is 10.5 Å². The van der Waals surface area contributed by atoms with E-state index < -0.39 is 9.84 Å². The summed E-state index contributed by atoms with van der Waals surface area (Å²) >= 11 is 0. The van der Waals surface area contributed by atoms with Gasteiger partial charge in [0.15, 0.2) is 0 Å². The van der Waals surface area contributed by atoms with Gasteiger partial charge in [-0.05, 0) is 42.0 Å². The van der Waals surface area contributed by atoms with Crippen LogP contribution >= 0.6 is 0 Å². The summed E-state index contributed by atoms with van der Waals surface area (Å²) in [6.45, 7) is 1.88. The number of nitrogens with zero attached hydrogens (tertiary/aromatic N) is 2. The number of hydrogen-bond donors (Lipinski definition) is 0. The first-order valence-corrected chi connectivity index (χ1v) is 8.54. The summed E-state index contributed by atoms with van der Waals surface area (Å²) in [4.78, 5) is 3.17. The van der Waals surface area contributed by atoms with Crippen LogP contribution in [0, 0.1) is 6.92 Å². The van der Waals surface area contributed by atoms with E-state index in [1.54, 1.807) is 30.3 Å². The number of benzene rings is 3. The van der Waals surface area contributed by atoms with Crippen LogP contribution < -0.4 is 0 Å². The van der Waals surface area contributed by atoms with Crippen molar-refractivity contribution in [3.8, 4) is 0 Å². The van der Waals surface area contributed by atoms with E-state index in [0.29, 0.717) is 5.56 Å². The van der Waals surface area contributed by atoms with Gasteiger partial charge in [-0.1, -0.05) is 48.0 Å². The molecule has 0 aliphatic carbocycles. The minimum atomic E-state index is -3.89. The average Bonchev–Trinajstić information content (AvgIpc) is 2.55. The van der Waals surface area contributed by atoms with Gasteiger partial charge < -0.3 is 5.53 Å². The highest BCUT2D eigenvalue weighted by Gasteiger charge is 2.32. The van der Waals surface area contributed by atoms with Gasteiger partial charge in [0.2, 0.25) is 0 Å². The van der Waals surface area contributed by atoms with Crippen LogP contribution in [0.4, 0.5) is 0 Å². The molecule has 0 saturated heterocycles. The largest absolute Gasteiger partial charge is 0.416 e. The zero-order valence-electron chi connectivity index (χ0n) is 12.5. The summed E-state index contributed by atoms with van der Waals surface area (Å²) in [6, 6.07) is 19.2. The second-order valence-corrected chi connectivity index (χ2v) is 7.15. The topological polar surface area (TPSA) is 70.5 Å². The predicted molar refractivity (Wildman–Crippen MR) is 90.0 cm³/mol. The molecule has 3 aromatic rings. The minimum Gasteiger partial charge on any atom is -0.360 e. The summed E-state index contributed by atoms with van der Waals surface area (Å²) in [6.07, 6.45) is 0. The molecular weight excluding hydrogens is 308 g/mol. The molecule has 3 rings (SSSR count). The Balaban J connectivity index is 2.14. The van der Waals surface area contributed by atoms with Gasteiger partial charge in [-0.15, -0.1) is 0 Å². The van der Waals surface area contributed by atoms with Gasteiger partial charge in [0.1, 0.15) is 0 Å². The molecule has 0 atom stereocenters. The SMILES string of the molecule is Cc1ccc(S(=O)(=O)C(=[N+]=[N-])c2ccc3ccccc3c2)cc1. The molecule has 0 bridgehead atoms. The van der Waals surface area contributed by atoms with Crippen LogP contribution in [0.2, 0.25) is 0 Å². The van der Waals surface area contributed by atoms with Crippen molar-refractivity contribution in [3.05, 3.63) is 83.4 Å². The lowest BCUT2D eigenvalue weighted by Gasteiger charge is -2.03. The zero-order valence-corrected chi connectivity index (χ0v) is 13.3. The van der Waals surface area contributed by atoms with Crippen molar-refractivity contribution in [2.75, 3.05) is 0 Å². The Morgan fingerprint density at radius 3 is 2.22 bits per heavy atom. The lowest BCUT2D eigenvalue weighted by molar-refractivity contribution is 0.000612. The van der Waals surface area contributed by atoms with E-state index in [0.717, 1.165) is 16.3 Å². The Hall–Kier alpha value is -2.75. The van der Waals surface area contributed by atoms with E-state index in [1.807, 2.05) is 31.2 Å². The maximum Gasteiger partial charge on any atom is 0.416 e. The molecule has 0 aromatic heterocycles. The maximum atomic E-state index is 12.7. The van der Waals surface area contributed by atoms with Crippen LogP contribution in [0.3, 0.4) is 0 Å². The third-order valence-corrected chi connectivity index (χ3v) is 5.39. The molecule has 0 heterocycles. The standard InChI is InChI=1S/C18H14N2O2S/c1-13-6-10-17(11-7-13)23(21,22)18(20-19)16-9-8-14-4-2-3-5-15(14)12-16/h2-12H,1H3. The smallest absolute Gasteiger partial charge is 0.360 e. The molecule has 0 unspecified atom stereocenters.